The van der Waals surface area contributed by atoms with Gasteiger partial charge in [-0.2, -0.15) is 0 Å². The van der Waals surface area contributed by atoms with Crippen LogP contribution >= 0.6 is 0 Å². The lowest BCUT2D eigenvalue weighted by Gasteiger charge is -2.13. The summed E-state index contributed by atoms with van der Waals surface area (Å²) in [5.41, 5.74) is 5.26. The van der Waals surface area contributed by atoms with Crippen molar-refractivity contribution in [3.8, 4) is 0 Å². The highest BCUT2D eigenvalue weighted by Gasteiger charge is 2.10. The molecule has 0 saturated carbocycles. The second-order valence-corrected chi connectivity index (χ2v) is 2.63. The van der Waals surface area contributed by atoms with Gasteiger partial charge in [-0.3, -0.25) is 9.59 Å². The van der Waals surface area contributed by atoms with Gasteiger partial charge in [0, 0.05) is 19.1 Å². The second-order valence-electron chi connectivity index (χ2n) is 2.63. The van der Waals surface area contributed by atoms with Gasteiger partial charge in [-0.05, 0) is 0 Å². The molecule has 0 amide bonds. The summed E-state index contributed by atoms with van der Waals surface area (Å²) in [5.74, 6) is -1.86. The minimum absolute atomic E-state index is 0.0316. The standard InChI is InChI=1S/C7H14N2O4/c8-4-5(3-7(12)13)9-2-1-6(10)11/h5,9H,1-4,8H2,(H,10,11)(H,12,13). The molecule has 0 aromatic rings. The zero-order valence-electron chi connectivity index (χ0n) is 7.19. The number of rotatable bonds is 7. The molecule has 0 saturated heterocycles. The highest BCUT2D eigenvalue weighted by Crippen LogP contribution is 1.90. The van der Waals surface area contributed by atoms with Gasteiger partial charge in [0.25, 0.3) is 0 Å². The lowest BCUT2D eigenvalue weighted by atomic mass is 10.2. The number of carboxylic acid groups (broad SMARTS) is 2. The number of hydrogen-bond donors (Lipinski definition) is 4. The first-order chi connectivity index (χ1) is 6.06. The Morgan fingerprint density at radius 1 is 1.31 bits per heavy atom. The summed E-state index contributed by atoms with van der Waals surface area (Å²) < 4.78 is 0. The SMILES string of the molecule is NCC(CC(=O)O)NCCC(=O)O. The van der Waals surface area contributed by atoms with E-state index < -0.39 is 11.9 Å². The van der Waals surface area contributed by atoms with Crippen molar-refractivity contribution in [2.75, 3.05) is 13.1 Å². The van der Waals surface area contributed by atoms with E-state index in [4.69, 9.17) is 15.9 Å². The van der Waals surface area contributed by atoms with Gasteiger partial charge in [0.1, 0.15) is 0 Å². The van der Waals surface area contributed by atoms with E-state index in [9.17, 15) is 9.59 Å². The van der Waals surface area contributed by atoms with Crippen molar-refractivity contribution in [1.82, 2.24) is 5.32 Å². The first-order valence-corrected chi connectivity index (χ1v) is 3.93. The van der Waals surface area contributed by atoms with Crippen molar-refractivity contribution in [1.29, 1.82) is 0 Å². The van der Waals surface area contributed by atoms with Gasteiger partial charge < -0.3 is 21.3 Å². The minimum atomic E-state index is -0.946. The van der Waals surface area contributed by atoms with Crippen LogP contribution in [0.15, 0.2) is 0 Å². The minimum Gasteiger partial charge on any atom is -0.481 e. The van der Waals surface area contributed by atoms with Crippen LogP contribution in [0, 0.1) is 0 Å². The van der Waals surface area contributed by atoms with Crippen LogP contribution in [-0.4, -0.2) is 41.3 Å². The Morgan fingerprint density at radius 2 is 1.92 bits per heavy atom. The topological polar surface area (TPSA) is 113 Å². The average Bonchev–Trinajstić information content (AvgIpc) is 2.01. The highest BCUT2D eigenvalue weighted by molar-refractivity contribution is 5.68. The van der Waals surface area contributed by atoms with Crippen molar-refractivity contribution in [3.05, 3.63) is 0 Å². The number of carbonyl (C=O) groups is 2. The summed E-state index contributed by atoms with van der Waals surface area (Å²) in [7, 11) is 0. The number of nitrogens with two attached hydrogens (primary N) is 1. The summed E-state index contributed by atoms with van der Waals surface area (Å²) in [5, 5.41) is 19.5. The van der Waals surface area contributed by atoms with Crippen LogP contribution in [-0.2, 0) is 9.59 Å². The molecule has 5 N–H and O–H groups in total. The van der Waals surface area contributed by atoms with Gasteiger partial charge >= 0.3 is 11.9 Å². The number of aliphatic carboxylic acids is 2. The van der Waals surface area contributed by atoms with Crippen molar-refractivity contribution >= 4 is 11.9 Å². The molecule has 6 nitrogen and oxygen atoms in total. The molecule has 1 atom stereocenters. The van der Waals surface area contributed by atoms with Crippen molar-refractivity contribution < 1.29 is 19.8 Å². The van der Waals surface area contributed by atoms with Crippen LogP contribution < -0.4 is 11.1 Å². The average molecular weight is 190 g/mol. The first kappa shape index (κ1) is 11.9. The van der Waals surface area contributed by atoms with E-state index in [-0.39, 0.29) is 32.0 Å². The molecule has 6 heteroatoms. The van der Waals surface area contributed by atoms with Crippen LogP contribution in [0.4, 0.5) is 0 Å². The van der Waals surface area contributed by atoms with E-state index in [1.807, 2.05) is 0 Å². The van der Waals surface area contributed by atoms with E-state index >= 15 is 0 Å². The summed E-state index contributed by atoms with van der Waals surface area (Å²) in [6.07, 6.45) is -0.119. The molecule has 13 heavy (non-hydrogen) atoms. The van der Waals surface area contributed by atoms with E-state index in [1.165, 1.54) is 0 Å². The molecule has 0 aliphatic heterocycles. The van der Waals surface area contributed by atoms with E-state index in [0.29, 0.717) is 0 Å². The molecule has 0 aromatic heterocycles. The molecule has 0 bridgehead atoms. The Balaban J connectivity index is 3.59. The second kappa shape index (κ2) is 6.38. The fourth-order valence-electron chi connectivity index (χ4n) is 0.833. The maximum Gasteiger partial charge on any atom is 0.304 e. The van der Waals surface area contributed by atoms with Crippen LogP contribution in [0.5, 0.6) is 0 Å². The van der Waals surface area contributed by atoms with Gasteiger partial charge in [-0.15, -0.1) is 0 Å². The summed E-state index contributed by atoms with van der Waals surface area (Å²) >= 11 is 0. The van der Waals surface area contributed by atoms with E-state index in [0.717, 1.165) is 0 Å². The maximum atomic E-state index is 10.3. The molecule has 0 aromatic carbocycles. The van der Waals surface area contributed by atoms with Crippen LogP contribution in [0.3, 0.4) is 0 Å². The Bertz CT molecular complexity index is 183. The normalized spacial score (nSPS) is 12.4. The smallest absolute Gasteiger partial charge is 0.304 e. The van der Waals surface area contributed by atoms with Crippen LogP contribution in [0.25, 0.3) is 0 Å². The molecule has 0 radical (unpaired) electrons. The lowest BCUT2D eigenvalue weighted by molar-refractivity contribution is -0.137. The molecule has 0 fully saturated rings. The zero-order valence-corrected chi connectivity index (χ0v) is 7.19. The molecular formula is C7H14N2O4. The van der Waals surface area contributed by atoms with E-state index in [1.54, 1.807) is 0 Å². The number of carboxylic acids is 2. The fourth-order valence-corrected chi connectivity index (χ4v) is 0.833. The number of nitrogens with one attached hydrogen (secondary N) is 1. The largest absolute Gasteiger partial charge is 0.481 e. The third-order valence-electron chi connectivity index (χ3n) is 1.48. The molecule has 0 aliphatic rings. The predicted octanol–water partition coefficient (Wildman–Crippen LogP) is -1.15. The van der Waals surface area contributed by atoms with Gasteiger partial charge in [0.15, 0.2) is 0 Å². The highest BCUT2D eigenvalue weighted by atomic mass is 16.4. The maximum absolute atomic E-state index is 10.3. The van der Waals surface area contributed by atoms with Crippen molar-refractivity contribution in [2.24, 2.45) is 5.73 Å². The Morgan fingerprint density at radius 3 is 2.31 bits per heavy atom. The summed E-state index contributed by atoms with van der Waals surface area (Å²) in [6, 6.07) is -0.350. The van der Waals surface area contributed by atoms with Crippen molar-refractivity contribution in [2.45, 2.75) is 18.9 Å². The zero-order chi connectivity index (χ0) is 10.3. The van der Waals surface area contributed by atoms with E-state index in [2.05, 4.69) is 5.32 Å². The molecule has 0 aliphatic carbocycles. The monoisotopic (exact) mass is 190 g/mol. The predicted molar refractivity (Wildman–Crippen MR) is 45.4 cm³/mol. The Kier molecular flexibility index (Phi) is 5.82. The lowest BCUT2D eigenvalue weighted by Crippen LogP contribution is -2.38. The quantitative estimate of drug-likeness (QED) is 0.403. The molecule has 0 heterocycles. The summed E-state index contributed by atoms with van der Waals surface area (Å²) in [4.78, 5) is 20.4. The Hall–Kier alpha value is -1.14. The first-order valence-electron chi connectivity index (χ1n) is 3.93. The summed E-state index contributed by atoms with van der Waals surface area (Å²) in [6.45, 7) is 0.427. The molecular weight excluding hydrogens is 176 g/mol. The third-order valence-corrected chi connectivity index (χ3v) is 1.48. The fraction of sp³-hybridized carbons (Fsp3) is 0.714. The van der Waals surface area contributed by atoms with Gasteiger partial charge in [0.05, 0.1) is 12.8 Å². The Labute approximate surface area is 75.7 Å². The van der Waals surface area contributed by atoms with Gasteiger partial charge in [-0.1, -0.05) is 0 Å². The molecule has 76 valence electrons. The molecule has 1 unspecified atom stereocenters. The van der Waals surface area contributed by atoms with Crippen molar-refractivity contribution in [3.63, 3.8) is 0 Å². The third kappa shape index (κ3) is 7.23. The van der Waals surface area contributed by atoms with Gasteiger partial charge in [0.2, 0.25) is 0 Å². The van der Waals surface area contributed by atoms with Gasteiger partial charge in [-0.25, -0.2) is 0 Å². The van der Waals surface area contributed by atoms with Crippen LogP contribution in [0.2, 0.25) is 0 Å². The molecule has 0 spiro atoms. The molecule has 0 rings (SSSR count). The number of hydrogen-bond acceptors (Lipinski definition) is 4. The van der Waals surface area contributed by atoms with Crippen LogP contribution in [0.1, 0.15) is 12.8 Å².